The number of amides is 1. The molecule has 0 aromatic heterocycles. The average Bonchev–Trinajstić information content (AvgIpc) is 2.64. The summed E-state index contributed by atoms with van der Waals surface area (Å²) < 4.78 is 5.62. The van der Waals surface area contributed by atoms with Gasteiger partial charge >= 0.3 is 0 Å². The number of ether oxygens (including phenoxy) is 1. The van der Waals surface area contributed by atoms with Crippen LogP contribution in [0, 0.1) is 0 Å². The highest BCUT2D eigenvalue weighted by Crippen LogP contribution is 2.25. The number of nitrogens with one attached hydrogen (secondary N) is 1. The van der Waals surface area contributed by atoms with Gasteiger partial charge < -0.3 is 10.1 Å². The Morgan fingerprint density at radius 3 is 2.58 bits per heavy atom. The van der Waals surface area contributed by atoms with Gasteiger partial charge in [-0.05, 0) is 44.0 Å². The summed E-state index contributed by atoms with van der Waals surface area (Å²) >= 11 is 1.52. The Morgan fingerprint density at radius 2 is 1.88 bits per heavy atom. The number of rotatable bonds is 10. The van der Waals surface area contributed by atoms with Crippen molar-refractivity contribution in [3.05, 3.63) is 65.2 Å². The normalized spacial score (nSPS) is 10.4. The van der Waals surface area contributed by atoms with Crippen molar-refractivity contribution in [2.45, 2.75) is 26.0 Å². The summed E-state index contributed by atoms with van der Waals surface area (Å²) in [6.45, 7) is 4.67. The average molecular weight is 372 g/mol. The second-order valence-electron chi connectivity index (χ2n) is 5.89. The number of carbonyl (C=O) groups is 2. The minimum Gasteiger partial charge on any atom is -0.494 e. The third kappa shape index (κ3) is 6.56. The molecule has 0 fully saturated rings. The van der Waals surface area contributed by atoms with Crippen molar-refractivity contribution in [1.29, 1.82) is 0 Å². The van der Waals surface area contributed by atoms with E-state index in [2.05, 4.69) is 17.4 Å². The Labute approximate surface area is 159 Å². The number of Topliss-reactive ketones (excluding diaryl/α,β-unsaturated/α-hetero) is 1. The topological polar surface area (TPSA) is 55.4 Å². The van der Waals surface area contributed by atoms with E-state index >= 15 is 0 Å². The Balaban J connectivity index is 1.79. The lowest BCUT2D eigenvalue weighted by Gasteiger charge is -2.11. The standard InChI is InChI=1S/C21H25NO3S/c1-3-25-20-10-9-18(16(2)23)13-19(20)14-26-15-21(24)22-12-11-17-7-5-4-6-8-17/h4-10,13H,3,11-12,14-15H2,1-2H3,(H,22,24). The quantitative estimate of drug-likeness (QED) is 0.644. The van der Waals surface area contributed by atoms with Crippen LogP contribution in [-0.4, -0.2) is 30.6 Å². The Bertz CT molecular complexity index is 731. The molecule has 0 heterocycles. The van der Waals surface area contributed by atoms with E-state index in [0.29, 0.717) is 30.2 Å². The zero-order valence-corrected chi connectivity index (χ0v) is 16.1. The zero-order valence-electron chi connectivity index (χ0n) is 15.3. The van der Waals surface area contributed by atoms with Crippen LogP contribution in [0.3, 0.4) is 0 Å². The second kappa shape index (κ2) is 10.7. The van der Waals surface area contributed by atoms with Crippen LogP contribution in [0.25, 0.3) is 0 Å². The number of carbonyl (C=O) groups excluding carboxylic acids is 2. The monoisotopic (exact) mass is 371 g/mol. The molecule has 0 saturated carbocycles. The molecule has 2 aromatic rings. The van der Waals surface area contributed by atoms with Crippen LogP contribution in [0.2, 0.25) is 0 Å². The largest absolute Gasteiger partial charge is 0.494 e. The van der Waals surface area contributed by atoms with Crippen LogP contribution in [0.4, 0.5) is 0 Å². The fraction of sp³-hybridized carbons (Fsp3) is 0.333. The van der Waals surface area contributed by atoms with Crippen molar-refractivity contribution in [1.82, 2.24) is 5.32 Å². The second-order valence-corrected chi connectivity index (χ2v) is 6.88. The van der Waals surface area contributed by atoms with Gasteiger partial charge in [0.25, 0.3) is 0 Å². The predicted molar refractivity (Wildman–Crippen MR) is 107 cm³/mol. The van der Waals surface area contributed by atoms with Crippen LogP contribution in [0.5, 0.6) is 5.75 Å². The van der Waals surface area contributed by atoms with E-state index in [0.717, 1.165) is 17.7 Å². The van der Waals surface area contributed by atoms with Crippen LogP contribution in [0.1, 0.15) is 35.3 Å². The van der Waals surface area contributed by atoms with E-state index in [4.69, 9.17) is 4.74 Å². The minimum absolute atomic E-state index is 0.0200. The maximum Gasteiger partial charge on any atom is 0.230 e. The number of hydrogen-bond donors (Lipinski definition) is 1. The third-order valence-corrected chi connectivity index (χ3v) is 4.82. The number of hydrogen-bond acceptors (Lipinski definition) is 4. The van der Waals surface area contributed by atoms with Gasteiger partial charge in [-0.15, -0.1) is 11.8 Å². The summed E-state index contributed by atoms with van der Waals surface area (Å²) in [6.07, 6.45) is 0.826. The lowest BCUT2D eigenvalue weighted by atomic mass is 10.1. The molecule has 0 radical (unpaired) electrons. The first kappa shape index (κ1) is 20.0. The molecule has 0 aliphatic rings. The molecule has 1 N–H and O–H groups in total. The van der Waals surface area contributed by atoms with Gasteiger partial charge in [-0.25, -0.2) is 0 Å². The lowest BCUT2D eigenvalue weighted by Crippen LogP contribution is -2.27. The van der Waals surface area contributed by atoms with E-state index in [1.165, 1.54) is 17.3 Å². The van der Waals surface area contributed by atoms with Gasteiger partial charge in [0.05, 0.1) is 12.4 Å². The highest BCUT2D eigenvalue weighted by Gasteiger charge is 2.09. The molecule has 2 rings (SSSR count). The molecular formula is C21H25NO3S. The molecule has 1 amide bonds. The fourth-order valence-electron chi connectivity index (χ4n) is 2.50. The highest BCUT2D eigenvalue weighted by molar-refractivity contribution is 7.99. The van der Waals surface area contributed by atoms with E-state index in [1.54, 1.807) is 13.0 Å². The molecule has 5 heteroatoms. The molecule has 26 heavy (non-hydrogen) atoms. The molecule has 138 valence electrons. The predicted octanol–water partition coefficient (Wildman–Crippen LogP) is 3.88. The lowest BCUT2D eigenvalue weighted by molar-refractivity contribution is -0.118. The van der Waals surface area contributed by atoms with Gasteiger partial charge in [-0.3, -0.25) is 9.59 Å². The van der Waals surface area contributed by atoms with Crippen molar-refractivity contribution < 1.29 is 14.3 Å². The van der Waals surface area contributed by atoms with Gasteiger partial charge in [-0.2, -0.15) is 0 Å². The van der Waals surface area contributed by atoms with Crippen molar-refractivity contribution in [2.75, 3.05) is 18.9 Å². The maximum atomic E-state index is 12.0. The number of thioether (sulfide) groups is 1. The molecule has 2 aromatic carbocycles. The van der Waals surface area contributed by atoms with E-state index in [9.17, 15) is 9.59 Å². The first-order valence-electron chi connectivity index (χ1n) is 8.75. The molecule has 0 bridgehead atoms. The molecule has 0 aliphatic carbocycles. The van der Waals surface area contributed by atoms with Gasteiger partial charge in [0.15, 0.2) is 5.78 Å². The van der Waals surface area contributed by atoms with Crippen molar-refractivity contribution in [3.8, 4) is 5.75 Å². The molecule has 4 nitrogen and oxygen atoms in total. The van der Waals surface area contributed by atoms with Crippen LogP contribution < -0.4 is 10.1 Å². The van der Waals surface area contributed by atoms with Crippen LogP contribution in [0.15, 0.2) is 48.5 Å². The highest BCUT2D eigenvalue weighted by atomic mass is 32.2. The van der Waals surface area contributed by atoms with Crippen LogP contribution >= 0.6 is 11.8 Å². The molecular weight excluding hydrogens is 346 g/mol. The smallest absolute Gasteiger partial charge is 0.230 e. The fourth-order valence-corrected chi connectivity index (χ4v) is 3.34. The zero-order chi connectivity index (χ0) is 18.8. The third-order valence-electron chi connectivity index (χ3n) is 3.84. The van der Waals surface area contributed by atoms with E-state index in [1.807, 2.05) is 37.3 Å². The van der Waals surface area contributed by atoms with Crippen LogP contribution in [-0.2, 0) is 17.0 Å². The molecule has 0 atom stereocenters. The van der Waals surface area contributed by atoms with Crippen molar-refractivity contribution in [3.63, 3.8) is 0 Å². The molecule has 0 spiro atoms. The number of benzene rings is 2. The minimum atomic E-state index is 0.0200. The Morgan fingerprint density at radius 1 is 1.12 bits per heavy atom. The van der Waals surface area contributed by atoms with E-state index in [-0.39, 0.29) is 11.7 Å². The number of ketones is 1. The molecule has 0 unspecified atom stereocenters. The summed E-state index contributed by atoms with van der Waals surface area (Å²) in [4.78, 5) is 23.6. The summed E-state index contributed by atoms with van der Waals surface area (Å²) in [5, 5.41) is 2.94. The summed E-state index contributed by atoms with van der Waals surface area (Å²) in [5.74, 6) is 1.83. The Hall–Kier alpha value is -2.27. The van der Waals surface area contributed by atoms with Gasteiger partial charge in [0, 0.05) is 23.4 Å². The Kier molecular flexibility index (Phi) is 8.22. The summed E-state index contributed by atoms with van der Waals surface area (Å²) in [6, 6.07) is 15.5. The summed E-state index contributed by atoms with van der Waals surface area (Å²) in [5.41, 5.74) is 2.82. The van der Waals surface area contributed by atoms with Gasteiger partial charge in [0.1, 0.15) is 5.75 Å². The SMILES string of the molecule is CCOc1ccc(C(C)=O)cc1CSCC(=O)NCCc1ccccc1. The van der Waals surface area contributed by atoms with Gasteiger partial charge in [0.2, 0.25) is 5.91 Å². The first-order valence-corrected chi connectivity index (χ1v) is 9.90. The first-order chi connectivity index (χ1) is 12.6. The van der Waals surface area contributed by atoms with Gasteiger partial charge in [-0.1, -0.05) is 30.3 Å². The molecule has 0 aliphatic heterocycles. The van der Waals surface area contributed by atoms with E-state index < -0.39 is 0 Å². The van der Waals surface area contributed by atoms with Crippen molar-refractivity contribution in [2.24, 2.45) is 0 Å². The summed E-state index contributed by atoms with van der Waals surface area (Å²) in [7, 11) is 0. The molecule has 0 saturated heterocycles. The van der Waals surface area contributed by atoms with Crippen molar-refractivity contribution >= 4 is 23.5 Å². The maximum absolute atomic E-state index is 12.0.